The average molecular weight is 346 g/mol. The molecule has 1 heterocycles. The van der Waals surface area contributed by atoms with Gasteiger partial charge in [-0.1, -0.05) is 20.8 Å². The van der Waals surface area contributed by atoms with E-state index in [4.69, 9.17) is 4.74 Å². The van der Waals surface area contributed by atoms with Gasteiger partial charge in [0.2, 0.25) is 0 Å². The van der Waals surface area contributed by atoms with Crippen molar-refractivity contribution >= 4 is 15.9 Å². The van der Waals surface area contributed by atoms with E-state index in [2.05, 4.69) is 54.0 Å². The summed E-state index contributed by atoms with van der Waals surface area (Å²) in [4.78, 5) is 0. The Hall–Kier alpha value is -0.390. The lowest BCUT2D eigenvalue weighted by molar-refractivity contribution is -0.0750. The van der Waals surface area contributed by atoms with Crippen molar-refractivity contribution in [3.05, 3.63) is 16.4 Å². The summed E-state index contributed by atoms with van der Waals surface area (Å²) in [5.74, 6) is 0. The molecule has 0 aliphatic heterocycles. The molecule has 1 aromatic heterocycles. The van der Waals surface area contributed by atoms with Gasteiger partial charge in [0.1, 0.15) is 0 Å². The van der Waals surface area contributed by atoms with Gasteiger partial charge in [-0.05, 0) is 48.7 Å². The van der Waals surface area contributed by atoms with E-state index in [-0.39, 0.29) is 11.6 Å². The van der Waals surface area contributed by atoms with Crippen molar-refractivity contribution in [2.75, 3.05) is 13.2 Å². The maximum atomic E-state index is 6.20. The van der Waals surface area contributed by atoms with E-state index in [1.54, 1.807) is 0 Å². The minimum Gasteiger partial charge on any atom is -0.373 e. The highest BCUT2D eigenvalue weighted by Gasteiger charge is 2.39. The van der Waals surface area contributed by atoms with Crippen LogP contribution in [0, 0.1) is 0 Å². The number of aryl methyl sites for hydroxylation is 1. The number of hydrogen-bond donors (Lipinski definition) is 1. The summed E-state index contributed by atoms with van der Waals surface area (Å²) in [6, 6.07) is 0.138. The number of aromatic nitrogens is 2. The Morgan fingerprint density at radius 1 is 1.35 bits per heavy atom. The van der Waals surface area contributed by atoms with Crippen molar-refractivity contribution < 1.29 is 4.74 Å². The number of rotatable bonds is 9. The van der Waals surface area contributed by atoms with Crippen LogP contribution in [0.2, 0.25) is 0 Å². The van der Waals surface area contributed by atoms with Crippen molar-refractivity contribution in [1.82, 2.24) is 15.1 Å². The molecule has 1 unspecified atom stereocenters. The second-order valence-electron chi connectivity index (χ2n) is 5.09. The van der Waals surface area contributed by atoms with E-state index in [9.17, 15) is 0 Å². The van der Waals surface area contributed by atoms with Gasteiger partial charge in [-0.25, -0.2) is 0 Å². The summed E-state index contributed by atoms with van der Waals surface area (Å²) in [7, 11) is 1.99. The van der Waals surface area contributed by atoms with E-state index >= 15 is 0 Å². The van der Waals surface area contributed by atoms with Crippen LogP contribution in [0.5, 0.6) is 0 Å². The van der Waals surface area contributed by atoms with Gasteiger partial charge >= 0.3 is 0 Å². The van der Waals surface area contributed by atoms with E-state index in [1.807, 2.05) is 17.9 Å². The average Bonchev–Trinajstić information content (AvgIpc) is 2.78. The lowest BCUT2D eigenvalue weighted by Crippen LogP contribution is -2.46. The molecule has 1 N–H and O–H groups in total. The number of halogens is 1. The number of hydrogen-bond acceptors (Lipinski definition) is 3. The lowest BCUT2D eigenvalue weighted by Gasteiger charge is -2.40. The SMILES string of the molecule is CCCNC(c1c(Br)cnn1C)C(CC)(CC)OCC. The van der Waals surface area contributed by atoms with Gasteiger partial charge in [-0.15, -0.1) is 0 Å². The highest BCUT2D eigenvalue weighted by Crippen LogP contribution is 2.38. The smallest absolute Gasteiger partial charge is 0.0886 e. The number of ether oxygens (including phenoxy) is 1. The van der Waals surface area contributed by atoms with Crippen LogP contribution in [0.1, 0.15) is 58.7 Å². The summed E-state index contributed by atoms with van der Waals surface area (Å²) < 4.78 is 9.18. The Labute approximate surface area is 131 Å². The lowest BCUT2D eigenvalue weighted by atomic mass is 9.85. The second kappa shape index (κ2) is 8.15. The zero-order chi connectivity index (χ0) is 15.2. The molecule has 0 fully saturated rings. The fraction of sp³-hybridized carbons (Fsp3) is 0.800. The van der Waals surface area contributed by atoms with Crippen molar-refractivity contribution in [2.24, 2.45) is 7.05 Å². The molecule has 0 aromatic carbocycles. The van der Waals surface area contributed by atoms with Crippen LogP contribution in [0.25, 0.3) is 0 Å². The fourth-order valence-electron chi connectivity index (χ4n) is 2.80. The maximum Gasteiger partial charge on any atom is 0.0886 e. The van der Waals surface area contributed by atoms with Crippen LogP contribution >= 0.6 is 15.9 Å². The summed E-state index contributed by atoms with van der Waals surface area (Å²) in [5, 5.41) is 8.03. The molecule has 5 heteroatoms. The van der Waals surface area contributed by atoms with Crippen molar-refractivity contribution in [3.8, 4) is 0 Å². The third kappa shape index (κ3) is 3.62. The van der Waals surface area contributed by atoms with Crippen LogP contribution in [-0.4, -0.2) is 28.5 Å². The number of nitrogens with one attached hydrogen (secondary N) is 1. The van der Waals surface area contributed by atoms with E-state index in [0.29, 0.717) is 0 Å². The van der Waals surface area contributed by atoms with Gasteiger partial charge in [0.05, 0.1) is 28.0 Å². The highest BCUT2D eigenvalue weighted by molar-refractivity contribution is 9.10. The molecular formula is C15H28BrN3O. The first-order valence-corrected chi connectivity index (χ1v) is 8.40. The minimum atomic E-state index is -0.194. The molecule has 20 heavy (non-hydrogen) atoms. The van der Waals surface area contributed by atoms with Gasteiger partial charge in [0, 0.05) is 13.7 Å². The normalized spacial score (nSPS) is 13.7. The zero-order valence-electron chi connectivity index (χ0n) is 13.4. The monoisotopic (exact) mass is 345 g/mol. The Balaban J connectivity index is 3.22. The Bertz CT molecular complexity index is 382. The van der Waals surface area contributed by atoms with E-state index in [0.717, 1.165) is 42.6 Å². The summed E-state index contributed by atoms with van der Waals surface area (Å²) in [5.41, 5.74) is 0.968. The van der Waals surface area contributed by atoms with Gasteiger partial charge in [-0.2, -0.15) is 5.10 Å². The van der Waals surface area contributed by atoms with Gasteiger partial charge in [0.25, 0.3) is 0 Å². The molecule has 0 saturated heterocycles. The maximum absolute atomic E-state index is 6.20. The predicted octanol–water partition coefficient (Wildman–Crippen LogP) is 3.82. The fourth-order valence-corrected chi connectivity index (χ4v) is 3.38. The predicted molar refractivity (Wildman–Crippen MR) is 86.9 cm³/mol. The number of nitrogens with zero attached hydrogens (tertiary/aromatic N) is 2. The minimum absolute atomic E-state index is 0.138. The van der Waals surface area contributed by atoms with Crippen LogP contribution in [-0.2, 0) is 11.8 Å². The van der Waals surface area contributed by atoms with Crippen molar-refractivity contribution in [2.45, 2.75) is 58.6 Å². The third-order valence-corrected chi connectivity index (χ3v) is 4.58. The van der Waals surface area contributed by atoms with Crippen LogP contribution in [0.3, 0.4) is 0 Å². The van der Waals surface area contributed by atoms with Crippen molar-refractivity contribution in [1.29, 1.82) is 0 Å². The molecule has 0 bridgehead atoms. The van der Waals surface area contributed by atoms with Crippen LogP contribution < -0.4 is 5.32 Å². The standard InChI is InChI=1S/C15H28BrN3O/c1-6-10-17-14(13-12(16)11-18-19(13)5)15(7-2,8-3)20-9-4/h11,14,17H,6-10H2,1-5H3. The van der Waals surface area contributed by atoms with Crippen LogP contribution in [0.15, 0.2) is 10.7 Å². The summed E-state index contributed by atoms with van der Waals surface area (Å²) in [6.07, 6.45) is 4.90. The first-order chi connectivity index (χ1) is 9.56. The molecule has 0 spiro atoms. The first kappa shape index (κ1) is 17.7. The van der Waals surface area contributed by atoms with Crippen LogP contribution in [0.4, 0.5) is 0 Å². The van der Waals surface area contributed by atoms with Crippen molar-refractivity contribution in [3.63, 3.8) is 0 Å². The third-order valence-electron chi connectivity index (χ3n) is 3.96. The van der Waals surface area contributed by atoms with E-state index < -0.39 is 0 Å². The molecule has 1 atom stereocenters. The Kier molecular flexibility index (Phi) is 7.20. The quantitative estimate of drug-likeness (QED) is 0.739. The van der Waals surface area contributed by atoms with Gasteiger partial charge in [-0.3, -0.25) is 4.68 Å². The molecule has 0 radical (unpaired) electrons. The Morgan fingerprint density at radius 3 is 2.40 bits per heavy atom. The molecule has 0 saturated carbocycles. The first-order valence-electron chi connectivity index (χ1n) is 7.60. The molecule has 0 aliphatic rings. The molecule has 116 valence electrons. The molecule has 1 rings (SSSR count). The second-order valence-corrected chi connectivity index (χ2v) is 5.95. The summed E-state index contributed by atoms with van der Waals surface area (Å²) in [6.45, 7) is 10.3. The molecule has 1 aromatic rings. The highest BCUT2D eigenvalue weighted by atomic mass is 79.9. The molecule has 0 aliphatic carbocycles. The molecular weight excluding hydrogens is 318 g/mol. The van der Waals surface area contributed by atoms with Gasteiger partial charge in [0.15, 0.2) is 0 Å². The topological polar surface area (TPSA) is 39.1 Å². The zero-order valence-corrected chi connectivity index (χ0v) is 15.0. The Morgan fingerprint density at radius 2 is 2.00 bits per heavy atom. The van der Waals surface area contributed by atoms with E-state index in [1.165, 1.54) is 0 Å². The van der Waals surface area contributed by atoms with Gasteiger partial charge < -0.3 is 10.1 Å². The molecule has 0 amide bonds. The molecule has 4 nitrogen and oxygen atoms in total. The largest absolute Gasteiger partial charge is 0.373 e. The summed E-state index contributed by atoms with van der Waals surface area (Å²) >= 11 is 3.63.